The average molecular weight is 475 g/mol. The van der Waals surface area contributed by atoms with Gasteiger partial charge in [-0.05, 0) is 43.2 Å². The molecule has 0 radical (unpaired) electrons. The summed E-state index contributed by atoms with van der Waals surface area (Å²) in [6, 6.07) is 5.85. The first-order chi connectivity index (χ1) is 16.1. The molecule has 1 heterocycles. The number of hydrogen-bond acceptors (Lipinski definition) is 5. The van der Waals surface area contributed by atoms with Crippen molar-refractivity contribution >= 4 is 23.7 Å². The molecule has 188 valence electrons. The van der Waals surface area contributed by atoms with Gasteiger partial charge in [-0.25, -0.2) is 4.79 Å². The van der Waals surface area contributed by atoms with Crippen LogP contribution in [-0.2, 0) is 25.6 Å². The molecular formula is C25H38N4O5. The average Bonchev–Trinajstić information content (AvgIpc) is 3.31. The van der Waals surface area contributed by atoms with Crippen LogP contribution in [0.3, 0.4) is 0 Å². The van der Waals surface area contributed by atoms with Gasteiger partial charge in [0.15, 0.2) is 0 Å². The zero-order chi connectivity index (χ0) is 25.3. The van der Waals surface area contributed by atoms with Gasteiger partial charge in [0, 0.05) is 6.42 Å². The van der Waals surface area contributed by atoms with E-state index < -0.39 is 35.9 Å². The molecule has 1 aliphatic heterocycles. The maximum atomic E-state index is 13.1. The van der Waals surface area contributed by atoms with E-state index in [1.165, 1.54) is 0 Å². The second kappa shape index (κ2) is 13.1. The third-order valence-electron chi connectivity index (χ3n) is 5.86. The quantitative estimate of drug-likeness (QED) is 0.309. The van der Waals surface area contributed by atoms with Crippen LogP contribution in [0.4, 0.5) is 0 Å². The van der Waals surface area contributed by atoms with Crippen LogP contribution < -0.4 is 21.3 Å². The second-order valence-electron chi connectivity index (χ2n) is 9.66. The Balaban J connectivity index is 2.09. The molecule has 1 aromatic rings. The third kappa shape index (κ3) is 8.44. The number of carboxylic acids is 1. The van der Waals surface area contributed by atoms with Crippen LogP contribution in [0.2, 0.25) is 0 Å². The van der Waals surface area contributed by atoms with Crippen molar-refractivity contribution in [3.05, 3.63) is 35.9 Å². The minimum absolute atomic E-state index is 0.0724. The molecule has 0 aliphatic carbocycles. The lowest BCUT2D eigenvalue weighted by Gasteiger charge is -2.27. The minimum atomic E-state index is -1.15. The SMILES string of the molecule is CC(C)CC(NC(=O)C(NC(=O)C1CCCN1)C(C)C)C(=O)NC(Cc1ccccc1)C(=O)O. The molecule has 5 N–H and O–H groups in total. The summed E-state index contributed by atoms with van der Waals surface area (Å²) in [7, 11) is 0. The molecule has 9 nitrogen and oxygen atoms in total. The van der Waals surface area contributed by atoms with Crippen LogP contribution >= 0.6 is 0 Å². The highest BCUT2D eigenvalue weighted by Gasteiger charge is 2.33. The van der Waals surface area contributed by atoms with Gasteiger partial charge in [-0.15, -0.1) is 0 Å². The van der Waals surface area contributed by atoms with Crippen LogP contribution in [-0.4, -0.2) is 59.5 Å². The maximum Gasteiger partial charge on any atom is 0.326 e. The van der Waals surface area contributed by atoms with E-state index in [4.69, 9.17) is 0 Å². The number of hydrogen-bond donors (Lipinski definition) is 5. The lowest BCUT2D eigenvalue weighted by atomic mass is 9.99. The van der Waals surface area contributed by atoms with E-state index in [-0.39, 0.29) is 30.2 Å². The van der Waals surface area contributed by atoms with Gasteiger partial charge in [0.1, 0.15) is 18.1 Å². The zero-order valence-electron chi connectivity index (χ0n) is 20.5. The summed E-state index contributed by atoms with van der Waals surface area (Å²) in [5.41, 5.74) is 0.780. The Kier molecular flexibility index (Phi) is 10.5. The molecular weight excluding hydrogens is 436 g/mol. The van der Waals surface area contributed by atoms with E-state index in [9.17, 15) is 24.3 Å². The number of carbonyl (C=O) groups is 4. The molecule has 4 atom stereocenters. The Hall–Kier alpha value is -2.94. The van der Waals surface area contributed by atoms with E-state index >= 15 is 0 Å². The summed E-state index contributed by atoms with van der Waals surface area (Å²) in [6.45, 7) is 8.24. The fourth-order valence-corrected chi connectivity index (χ4v) is 3.98. The monoisotopic (exact) mass is 474 g/mol. The summed E-state index contributed by atoms with van der Waals surface area (Å²) in [6.07, 6.45) is 2.08. The molecule has 3 amide bonds. The van der Waals surface area contributed by atoms with Gasteiger partial charge in [-0.1, -0.05) is 58.0 Å². The molecule has 0 bridgehead atoms. The Labute approximate surface area is 201 Å². The van der Waals surface area contributed by atoms with Gasteiger partial charge in [0.2, 0.25) is 17.7 Å². The largest absolute Gasteiger partial charge is 0.480 e. The summed E-state index contributed by atoms with van der Waals surface area (Å²) in [4.78, 5) is 50.5. The Morgan fingerprint density at radius 3 is 2.15 bits per heavy atom. The van der Waals surface area contributed by atoms with E-state index in [0.29, 0.717) is 12.8 Å². The number of benzene rings is 1. The second-order valence-corrected chi connectivity index (χ2v) is 9.66. The molecule has 1 aliphatic rings. The normalized spacial score (nSPS) is 18.2. The van der Waals surface area contributed by atoms with E-state index in [0.717, 1.165) is 18.5 Å². The molecule has 9 heteroatoms. The molecule has 0 saturated carbocycles. The number of nitrogens with one attached hydrogen (secondary N) is 4. The van der Waals surface area contributed by atoms with Crippen molar-refractivity contribution in [2.75, 3.05) is 6.54 Å². The predicted molar refractivity (Wildman–Crippen MR) is 129 cm³/mol. The summed E-state index contributed by atoms with van der Waals surface area (Å²) in [5.74, 6) is -2.52. The van der Waals surface area contributed by atoms with Gasteiger partial charge >= 0.3 is 5.97 Å². The molecule has 34 heavy (non-hydrogen) atoms. The molecule has 2 rings (SSSR count). The molecule has 1 fully saturated rings. The molecule has 1 saturated heterocycles. The number of carboxylic acid groups (broad SMARTS) is 1. The minimum Gasteiger partial charge on any atom is -0.480 e. The maximum absolute atomic E-state index is 13.1. The number of aliphatic carboxylic acids is 1. The lowest BCUT2D eigenvalue weighted by molar-refractivity contribution is -0.142. The number of rotatable bonds is 12. The molecule has 0 spiro atoms. The fraction of sp³-hybridized carbons (Fsp3) is 0.600. The van der Waals surface area contributed by atoms with Crippen molar-refractivity contribution in [1.82, 2.24) is 21.3 Å². The summed E-state index contributed by atoms with van der Waals surface area (Å²) in [5, 5.41) is 20.9. The van der Waals surface area contributed by atoms with Gasteiger partial charge in [0.25, 0.3) is 0 Å². The van der Waals surface area contributed by atoms with Gasteiger partial charge in [0.05, 0.1) is 6.04 Å². The van der Waals surface area contributed by atoms with Crippen LogP contribution in [0.1, 0.15) is 52.5 Å². The van der Waals surface area contributed by atoms with Crippen LogP contribution in [0.15, 0.2) is 30.3 Å². The molecule has 0 aromatic heterocycles. The Morgan fingerprint density at radius 1 is 0.971 bits per heavy atom. The Morgan fingerprint density at radius 2 is 1.62 bits per heavy atom. The predicted octanol–water partition coefficient (Wildman–Crippen LogP) is 1.22. The van der Waals surface area contributed by atoms with E-state index in [1.807, 2.05) is 33.8 Å². The first kappa shape index (κ1) is 27.3. The topological polar surface area (TPSA) is 137 Å². The smallest absolute Gasteiger partial charge is 0.326 e. The summed E-state index contributed by atoms with van der Waals surface area (Å²) < 4.78 is 0. The lowest BCUT2D eigenvalue weighted by Crippen LogP contribution is -2.58. The van der Waals surface area contributed by atoms with E-state index in [2.05, 4.69) is 21.3 Å². The Bertz CT molecular complexity index is 837. The van der Waals surface area contributed by atoms with Gasteiger partial charge < -0.3 is 26.4 Å². The van der Waals surface area contributed by atoms with Crippen LogP contribution in [0.25, 0.3) is 0 Å². The van der Waals surface area contributed by atoms with Crippen molar-refractivity contribution in [2.45, 2.75) is 77.5 Å². The fourth-order valence-electron chi connectivity index (χ4n) is 3.98. The third-order valence-corrected chi connectivity index (χ3v) is 5.86. The van der Waals surface area contributed by atoms with Gasteiger partial charge in [-0.3, -0.25) is 14.4 Å². The van der Waals surface area contributed by atoms with Crippen molar-refractivity contribution in [3.8, 4) is 0 Å². The highest BCUT2D eigenvalue weighted by Crippen LogP contribution is 2.11. The molecule has 4 unspecified atom stereocenters. The first-order valence-corrected chi connectivity index (χ1v) is 12.0. The highest BCUT2D eigenvalue weighted by molar-refractivity contribution is 5.94. The van der Waals surface area contributed by atoms with Crippen molar-refractivity contribution in [1.29, 1.82) is 0 Å². The number of amides is 3. The molecule has 1 aromatic carbocycles. The summed E-state index contributed by atoms with van der Waals surface area (Å²) >= 11 is 0. The highest BCUT2D eigenvalue weighted by atomic mass is 16.4. The zero-order valence-corrected chi connectivity index (χ0v) is 20.5. The van der Waals surface area contributed by atoms with Crippen molar-refractivity contribution in [2.24, 2.45) is 11.8 Å². The standard InChI is InChI=1S/C25H38N4O5/c1-15(2)13-19(23(31)28-20(25(33)34)14-17-9-6-5-7-10-17)27-24(32)21(16(3)4)29-22(30)18-11-8-12-26-18/h5-7,9-10,15-16,18-21,26H,8,11-14H2,1-4H3,(H,27,32)(H,28,31)(H,29,30)(H,33,34). The van der Waals surface area contributed by atoms with Gasteiger partial charge in [-0.2, -0.15) is 0 Å². The first-order valence-electron chi connectivity index (χ1n) is 12.0. The van der Waals surface area contributed by atoms with Crippen LogP contribution in [0, 0.1) is 11.8 Å². The van der Waals surface area contributed by atoms with Crippen molar-refractivity contribution < 1.29 is 24.3 Å². The number of carbonyl (C=O) groups excluding carboxylic acids is 3. The van der Waals surface area contributed by atoms with Crippen LogP contribution in [0.5, 0.6) is 0 Å². The van der Waals surface area contributed by atoms with E-state index in [1.54, 1.807) is 24.3 Å². The van der Waals surface area contributed by atoms with Crippen molar-refractivity contribution in [3.63, 3.8) is 0 Å².